The number of ether oxygens (including phenoxy) is 1. The first-order valence-corrected chi connectivity index (χ1v) is 7.73. The second kappa shape index (κ2) is 6.97. The third kappa shape index (κ3) is 4.10. The summed E-state index contributed by atoms with van der Waals surface area (Å²) in [5.74, 6) is 0.901. The summed E-state index contributed by atoms with van der Waals surface area (Å²) in [6.45, 7) is -0.0507. The molecule has 0 radical (unpaired) electrons. The van der Waals surface area contributed by atoms with Crippen molar-refractivity contribution in [1.82, 2.24) is 5.32 Å². The van der Waals surface area contributed by atoms with Crippen molar-refractivity contribution in [2.45, 2.75) is 18.9 Å². The Morgan fingerprint density at radius 1 is 1.22 bits per heavy atom. The topological polar surface area (TPSA) is 62.1 Å². The number of amides is 1. The van der Waals surface area contributed by atoms with Gasteiger partial charge in [0.1, 0.15) is 5.75 Å². The van der Waals surface area contributed by atoms with Crippen LogP contribution in [0, 0.1) is 17.2 Å². The van der Waals surface area contributed by atoms with Crippen LogP contribution in [-0.4, -0.2) is 12.5 Å². The summed E-state index contributed by atoms with van der Waals surface area (Å²) in [6.07, 6.45) is 2.29. The molecule has 1 unspecified atom stereocenters. The summed E-state index contributed by atoms with van der Waals surface area (Å²) in [4.78, 5) is 12.2. The normalized spacial score (nSPS) is 14.6. The van der Waals surface area contributed by atoms with Crippen LogP contribution in [0.1, 0.15) is 30.0 Å². The molecule has 1 N–H and O–H groups in total. The highest BCUT2D eigenvalue weighted by atomic mass is 16.5. The minimum Gasteiger partial charge on any atom is -0.484 e. The fraction of sp³-hybridized carbons (Fsp3) is 0.263. The summed E-state index contributed by atoms with van der Waals surface area (Å²) in [6, 6.07) is 18.9. The lowest BCUT2D eigenvalue weighted by molar-refractivity contribution is -0.124. The summed E-state index contributed by atoms with van der Waals surface area (Å²) in [5, 5.41) is 11.9. The Bertz CT molecular complexity index is 718. The van der Waals surface area contributed by atoms with Crippen molar-refractivity contribution in [3.8, 4) is 11.8 Å². The average Bonchev–Trinajstić information content (AvgIpc) is 3.44. The van der Waals surface area contributed by atoms with Crippen LogP contribution >= 0.6 is 0 Å². The Kier molecular flexibility index (Phi) is 4.58. The van der Waals surface area contributed by atoms with E-state index in [-0.39, 0.29) is 18.6 Å². The molecule has 0 bridgehead atoms. The standard InChI is InChI=1S/C19H18N2O2/c20-12-14-5-4-8-17(11-14)23-13-18(22)21-19(16-9-10-16)15-6-2-1-3-7-15/h1-8,11,16,19H,9-10,13H2,(H,21,22). The Morgan fingerprint density at radius 2 is 2.00 bits per heavy atom. The Labute approximate surface area is 135 Å². The van der Waals surface area contributed by atoms with Gasteiger partial charge < -0.3 is 10.1 Å². The van der Waals surface area contributed by atoms with Gasteiger partial charge in [-0.15, -0.1) is 0 Å². The number of nitrogens with zero attached hydrogens (tertiary/aromatic N) is 1. The average molecular weight is 306 g/mol. The number of carbonyl (C=O) groups excluding carboxylic acids is 1. The summed E-state index contributed by atoms with van der Waals surface area (Å²) < 4.78 is 5.48. The van der Waals surface area contributed by atoms with Crippen molar-refractivity contribution in [2.24, 2.45) is 5.92 Å². The number of nitrogens with one attached hydrogen (secondary N) is 1. The van der Waals surface area contributed by atoms with E-state index < -0.39 is 0 Å². The first-order chi connectivity index (χ1) is 11.3. The smallest absolute Gasteiger partial charge is 0.258 e. The van der Waals surface area contributed by atoms with Crippen LogP contribution in [-0.2, 0) is 4.79 Å². The maximum atomic E-state index is 12.2. The molecule has 2 aromatic carbocycles. The van der Waals surface area contributed by atoms with Gasteiger partial charge in [0.05, 0.1) is 17.7 Å². The van der Waals surface area contributed by atoms with Crippen molar-refractivity contribution in [1.29, 1.82) is 5.26 Å². The van der Waals surface area contributed by atoms with Gasteiger partial charge in [0.25, 0.3) is 5.91 Å². The molecular formula is C19H18N2O2. The molecule has 0 aromatic heterocycles. The summed E-state index contributed by atoms with van der Waals surface area (Å²) >= 11 is 0. The van der Waals surface area contributed by atoms with Crippen LogP contribution < -0.4 is 10.1 Å². The van der Waals surface area contributed by atoms with Gasteiger partial charge in [0, 0.05) is 0 Å². The lowest BCUT2D eigenvalue weighted by atomic mass is 10.0. The van der Waals surface area contributed by atoms with Gasteiger partial charge in [-0.05, 0) is 42.5 Å². The SMILES string of the molecule is N#Cc1cccc(OCC(=O)NC(c2ccccc2)C2CC2)c1. The van der Waals surface area contributed by atoms with Gasteiger partial charge in [0.15, 0.2) is 6.61 Å². The van der Waals surface area contributed by atoms with Crippen molar-refractivity contribution in [3.05, 3.63) is 65.7 Å². The minimum atomic E-state index is -0.145. The van der Waals surface area contributed by atoms with Crippen LogP contribution in [0.2, 0.25) is 0 Å². The fourth-order valence-electron chi connectivity index (χ4n) is 2.58. The number of nitriles is 1. The van der Waals surface area contributed by atoms with Gasteiger partial charge >= 0.3 is 0 Å². The molecule has 4 nitrogen and oxygen atoms in total. The van der Waals surface area contributed by atoms with Crippen LogP contribution in [0.3, 0.4) is 0 Å². The first-order valence-electron chi connectivity index (χ1n) is 7.73. The van der Waals surface area contributed by atoms with E-state index in [1.54, 1.807) is 24.3 Å². The second-order valence-corrected chi connectivity index (χ2v) is 5.72. The number of carbonyl (C=O) groups is 1. The van der Waals surface area contributed by atoms with Gasteiger partial charge in [-0.3, -0.25) is 4.79 Å². The maximum absolute atomic E-state index is 12.2. The van der Waals surface area contributed by atoms with Crippen LogP contribution in [0.25, 0.3) is 0 Å². The van der Waals surface area contributed by atoms with E-state index in [9.17, 15) is 4.79 Å². The largest absolute Gasteiger partial charge is 0.484 e. The Balaban J connectivity index is 1.58. The van der Waals surface area contributed by atoms with Crippen molar-refractivity contribution in [3.63, 3.8) is 0 Å². The molecule has 1 aliphatic carbocycles. The highest BCUT2D eigenvalue weighted by Gasteiger charge is 2.33. The molecule has 23 heavy (non-hydrogen) atoms. The second-order valence-electron chi connectivity index (χ2n) is 5.72. The van der Waals surface area contributed by atoms with Gasteiger partial charge in [0.2, 0.25) is 0 Å². The molecule has 3 rings (SSSR count). The zero-order valence-corrected chi connectivity index (χ0v) is 12.7. The van der Waals surface area contributed by atoms with Crippen LogP contribution in [0.15, 0.2) is 54.6 Å². The van der Waals surface area contributed by atoms with Crippen LogP contribution in [0.5, 0.6) is 5.75 Å². The number of hydrogen-bond acceptors (Lipinski definition) is 3. The van der Waals surface area contributed by atoms with E-state index in [4.69, 9.17) is 10.00 Å². The predicted octanol–water partition coefficient (Wildman–Crippen LogP) is 3.20. The van der Waals surface area contributed by atoms with E-state index in [2.05, 4.69) is 11.4 Å². The first kappa shape index (κ1) is 15.1. The Hall–Kier alpha value is -2.80. The van der Waals surface area contributed by atoms with E-state index in [0.717, 1.165) is 18.4 Å². The fourth-order valence-corrected chi connectivity index (χ4v) is 2.58. The highest BCUT2D eigenvalue weighted by molar-refractivity contribution is 5.78. The number of rotatable bonds is 6. The predicted molar refractivity (Wildman–Crippen MR) is 86.7 cm³/mol. The van der Waals surface area contributed by atoms with Crippen molar-refractivity contribution >= 4 is 5.91 Å². The molecule has 1 fully saturated rings. The van der Waals surface area contributed by atoms with Crippen LogP contribution in [0.4, 0.5) is 0 Å². The molecule has 1 aliphatic rings. The molecule has 116 valence electrons. The molecule has 2 aromatic rings. The van der Waals surface area contributed by atoms with Gasteiger partial charge in [-0.1, -0.05) is 36.4 Å². The summed E-state index contributed by atoms with van der Waals surface area (Å²) in [7, 11) is 0. The zero-order chi connectivity index (χ0) is 16.1. The molecule has 0 heterocycles. The number of benzene rings is 2. The number of hydrogen-bond donors (Lipinski definition) is 1. The molecule has 4 heteroatoms. The van der Waals surface area contributed by atoms with Gasteiger partial charge in [-0.2, -0.15) is 5.26 Å². The van der Waals surface area contributed by atoms with Crippen molar-refractivity contribution in [2.75, 3.05) is 6.61 Å². The molecule has 1 amide bonds. The Morgan fingerprint density at radius 3 is 2.70 bits per heavy atom. The third-order valence-corrected chi connectivity index (χ3v) is 3.90. The molecule has 0 saturated heterocycles. The molecule has 1 atom stereocenters. The highest BCUT2D eigenvalue weighted by Crippen LogP contribution is 2.40. The molecule has 0 spiro atoms. The maximum Gasteiger partial charge on any atom is 0.258 e. The minimum absolute atomic E-state index is 0.0507. The molecular weight excluding hydrogens is 288 g/mol. The van der Waals surface area contributed by atoms with Gasteiger partial charge in [-0.25, -0.2) is 0 Å². The monoisotopic (exact) mass is 306 g/mol. The van der Waals surface area contributed by atoms with E-state index in [0.29, 0.717) is 17.2 Å². The third-order valence-electron chi connectivity index (χ3n) is 3.90. The quantitative estimate of drug-likeness (QED) is 0.891. The lowest BCUT2D eigenvalue weighted by Gasteiger charge is -2.19. The lowest BCUT2D eigenvalue weighted by Crippen LogP contribution is -2.33. The zero-order valence-electron chi connectivity index (χ0n) is 12.7. The van der Waals surface area contributed by atoms with Crippen molar-refractivity contribution < 1.29 is 9.53 Å². The van der Waals surface area contributed by atoms with E-state index in [1.807, 2.05) is 30.3 Å². The molecule has 0 aliphatic heterocycles. The van der Waals surface area contributed by atoms with E-state index >= 15 is 0 Å². The molecule has 1 saturated carbocycles. The summed E-state index contributed by atoms with van der Waals surface area (Å²) in [5.41, 5.74) is 1.65. The van der Waals surface area contributed by atoms with E-state index in [1.165, 1.54) is 0 Å².